The van der Waals surface area contributed by atoms with Crippen LogP contribution >= 0.6 is 15.9 Å². The van der Waals surface area contributed by atoms with Crippen LogP contribution in [0.5, 0.6) is 5.75 Å². The summed E-state index contributed by atoms with van der Waals surface area (Å²) in [6.45, 7) is 15.6. The highest BCUT2D eigenvalue weighted by atomic mass is 79.9. The van der Waals surface area contributed by atoms with Gasteiger partial charge in [-0.15, -0.1) is 0 Å². The first kappa shape index (κ1) is 23.3. The zero-order valence-electron chi connectivity index (χ0n) is 18.1. The largest absolute Gasteiger partial charge is 0.491 e. The van der Waals surface area contributed by atoms with Crippen LogP contribution in [0.1, 0.15) is 46.4 Å². The summed E-state index contributed by atoms with van der Waals surface area (Å²) in [6.07, 6.45) is 1.86. The molecular formula is C20H32BrNO5Si. The smallest absolute Gasteiger partial charge is 0.237 e. The first-order valence-electron chi connectivity index (χ1n) is 9.47. The average Bonchev–Trinajstić information content (AvgIpc) is 2.57. The van der Waals surface area contributed by atoms with Crippen molar-refractivity contribution < 1.29 is 18.7 Å². The van der Waals surface area contributed by atoms with Gasteiger partial charge in [-0.3, -0.25) is 4.79 Å². The maximum absolute atomic E-state index is 12.7. The van der Waals surface area contributed by atoms with Crippen LogP contribution in [0.4, 0.5) is 0 Å². The van der Waals surface area contributed by atoms with Crippen molar-refractivity contribution in [3.63, 3.8) is 0 Å². The van der Waals surface area contributed by atoms with Crippen LogP contribution in [0, 0.1) is 5.41 Å². The molecule has 2 atom stereocenters. The first-order chi connectivity index (χ1) is 12.8. The highest BCUT2D eigenvalue weighted by Gasteiger charge is 2.51. The molecule has 0 aromatic carbocycles. The summed E-state index contributed by atoms with van der Waals surface area (Å²) < 4.78 is 20.7. The zero-order chi connectivity index (χ0) is 21.5. The van der Waals surface area contributed by atoms with Gasteiger partial charge in [0, 0.05) is 18.2 Å². The van der Waals surface area contributed by atoms with Crippen LogP contribution in [-0.4, -0.2) is 39.0 Å². The van der Waals surface area contributed by atoms with E-state index in [0.717, 1.165) is 12.0 Å². The number of aldehydes is 1. The molecule has 0 bridgehead atoms. The van der Waals surface area contributed by atoms with E-state index in [-0.39, 0.29) is 23.2 Å². The van der Waals surface area contributed by atoms with Crippen molar-refractivity contribution in [3.8, 4) is 5.75 Å². The molecule has 158 valence electrons. The second-order valence-corrected chi connectivity index (χ2v) is 15.1. The van der Waals surface area contributed by atoms with E-state index >= 15 is 0 Å². The maximum atomic E-state index is 12.7. The molecule has 1 aliphatic heterocycles. The molecule has 0 N–H and O–H groups in total. The first-order valence-corrected chi connectivity index (χ1v) is 13.2. The fourth-order valence-corrected chi connectivity index (χ4v) is 5.06. The monoisotopic (exact) mass is 473 g/mol. The molecule has 0 aliphatic carbocycles. The predicted molar refractivity (Wildman–Crippen MR) is 116 cm³/mol. The van der Waals surface area contributed by atoms with Crippen LogP contribution in [0.25, 0.3) is 0 Å². The van der Waals surface area contributed by atoms with E-state index in [0.29, 0.717) is 16.8 Å². The third-order valence-corrected chi connectivity index (χ3v) is 11.1. The number of hydrogen-bond acceptors (Lipinski definition) is 5. The molecule has 8 heteroatoms. The maximum Gasteiger partial charge on any atom is 0.237 e. The molecule has 1 aliphatic rings. The van der Waals surface area contributed by atoms with Crippen molar-refractivity contribution in [2.75, 3.05) is 13.7 Å². The van der Waals surface area contributed by atoms with Gasteiger partial charge in [0.15, 0.2) is 14.1 Å². The molecule has 0 spiro atoms. The van der Waals surface area contributed by atoms with E-state index in [2.05, 4.69) is 63.6 Å². The summed E-state index contributed by atoms with van der Waals surface area (Å²) in [5.41, 5.74) is 0.0728. The molecular weight excluding hydrogens is 442 g/mol. The zero-order valence-corrected chi connectivity index (χ0v) is 20.7. The van der Waals surface area contributed by atoms with Crippen LogP contribution in [-0.2, 0) is 20.5 Å². The quantitative estimate of drug-likeness (QED) is 0.454. The molecule has 1 aromatic heterocycles. The minimum absolute atomic E-state index is 0.00655. The molecule has 0 saturated carbocycles. The standard InChI is InChI=1S/C20H32BrNO5Si/c1-19(2,3)28(7,8)27-18-15-17(25-6)16(24)13(21)11-22(15)12-14(20(18,4)5)26-10-9-23/h9,11,14,18H,10,12H2,1-8H3. The normalized spacial score (nSPS) is 21.9. The Morgan fingerprint density at radius 2 is 1.96 bits per heavy atom. The predicted octanol–water partition coefficient (Wildman–Crippen LogP) is 4.31. The third kappa shape index (κ3) is 4.15. The van der Waals surface area contributed by atoms with Gasteiger partial charge in [0.25, 0.3) is 0 Å². The van der Waals surface area contributed by atoms with E-state index in [1.807, 2.05) is 4.57 Å². The van der Waals surface area contributed by atoms with Gasteiger partial charge < -0.3 is 23.3 Å². The summed E-state index contributed by atoms with van der Waals surface area (Å²) in [4.78, 5) is 23.7. The lowest BCUT2D eigenvalue weighted by molar-refractivity contribution is -0.128. The van der Waals surface area contributed by atoms with Gasteiger partial charge in [-0.2, -0.15) is 0 Å². The molecule has 1 aromatic rings. The molecule has 0 saturated heterocycles. The van der Waals surface area contributed by atoms with Gasteiger partial charge in [-0.05, 0) is 34.1 Å². The lowest BCUT2D eigenvalue weighted by Crippen LogP contribution is -2.52. The summed E-state index contributed by atoms with van der Waals surface area (Å²) in [6, 6.07) is 0. The Hall–Kier alpha value is -0.963. The van der Waals surface area contributed by atoms with E-state index in [9.17, 15) is 9.59 Å². The number of pyridine rings is 1. The number of hydrogen-bond donors (Lipinski definition) is 0. The number of aromatic nitrogens is 1. The number of halogens is 1. The molecule has 2 rings (SSSR count). The molecule has 2 heterocycles. The summed E-state index contributed by atoms with van der Waals surface area (Å²) >= 11 is 3.34. The van der Waals surface area contributed by atoms with Crippen LogP contribution < -0.4 is 10.2 Å². The van der Waals surface area contributed by atoms with Crippen LogP contribution in [0.15, 0.2) is 15.5 Å². The lowest BCUT2D eigenvalue weighted by atomic mass is 9.76. The van der Waals surface area contributed by atoms with Crippen molar-refractivity contribution in [2.24, 2.45) is 5.41 Å². The number of methoxy groups -OCH3 is 1. The second kappa shape index (κ2) is 8.05. The Labute approximate surface area is 176 Å². The number of ether oxygens (including phenoxy) is 2. The Morgan fingerprint density at radius 1 is 1.36 bits per heavy atom. The average molecular weight is 474 g/mol. The fourth-order valence-electron chi connectivity index (χ4n) is 3.28. The minimum Gasteiger partial charge on any atom is -0.491 e. The molecule has 0 amide bonds. The SMILES string of the molecule is COc1c2n(cc(Br)c1=O)CC(OCC=O)C(C)(C)C2O[Si](C)(C)C(C)(C)C. The second-order valence-electron chi connectivity index (χ2n) is 9.45. The van der Waals surface area contributed by atoms with Crippen molar-refractivity contribution in [1.82, 2.24) is 4.57 Å². The Morgan fingerprint density at radius 3 is 2.46 bits per heavy atom. The summed E-state index contributed by atoms with van der Waals surface area (Å²) in [5.74, 6) is 0.292. The van der Waals surface area contributed by atoms with Crippen molar-refractivity contribution >= 4 is 30.5 Å². The van der Waals surface area contributed by atoms with Crippen LogP contribution in [0.2, 0.25) is 18.1 Å². The van der Waals surface area contributed by atoms with Crippen molar-refractivity contribution in [3.05, 3.63) is 26.6 Å². The molecule has 2 unspecified atom stereocenters. The van der Waals surface area contributed by atoms with E-state index in [4.69, 9.17) is 13.9 Å². The van der Waals surface area contributed by atoms with E-state index in [1.165, 1.54) is 7.11 Å². The van der Waals surface area contributed by atoms with Gasteiger partial charge in [0.2, 0.25) is 5.43 Å². The topological polar surface area (TPSA) is 66.8 Å². The van der Waals surface area contributed by atoms with Gasteiger partial charge in [0.1, 0.15) is 12.9 Å². The number of rotatable bonds is 6. The number of nitrogens with zero attached hydrogens (tertiary/aromatic N) is 1. The lowest BCUT2D eigenvalue weighted by Gasteiger charge is -2.50. The Kier molecular flexibility index (Phi) is 6.70. The summed E-state index contributed by atoms with van der Waals surface area (Å²) in [7, 11) is -0.676. The minimum atomic E-state index is -2.18. The number of carbonyl (C=O) groups is 1. The molecule has 0 fully saturated rings. The van der Waals surface area contributed by atoms with E-state index < -0.39 is 19.8 Å². The molecule has 6 nitrogen and oxygen atoms in total. The third-order valence-electron chi connectivity index (χ3n) is 6.14. The van der Waals surface area contributed by atoms with Gasteiger partial charge >= 0.3 is 0 Å². The van der Waals surface area contributed by atoms with E-state index in [1.54, 1.807) is 6.20 Å². The molecule has 0 radical (unpaired) electrons. The van der Waals surface area contributed by atoms with Crippen LogP contribution in [0.3, 0.4) is 0 Å². The van der Waals surface area contributed by atoms with Crippen molar-refractivity contribution in [2.45, 2.75) is 71.5 Å². The van der Waals surface area contributed by atoms with Crippen molar-refractivity contribution in [1.29, 1.82) is 0 Å². The van der Waals surface area contributed by atoms with Gasteiger partial charge in [-0.25, -0.2) is 0 Å². The highest BCUT2D eigenvalue weighted by Crippen LogP contribution is 2.51. The Bertz CT molecular complexity index is 797. The molecule has 28 heavy (non-hydrogen) atoms. The number of carbonyl (C=O) groups excluding carboxylic acids is 1. The highest BCUT2D eigenvalue weighted by molar-refractivity contribution is 9.10. The van der Waals surface area contributed by atoms with Gasteiger partial charge in [-0.1, -0.05) is 34.6 Å². The Balaban J connectivity index is 2.70. The summed E-state index contributed by atoms with van der Waals surface area (Å²) in [5, 5.41) is -0.00655. The fraction of sp³-hybridized carbons (Fsp3) is 0.700. The van der Waals surface area contributed by atoms with Gasteiger partial charge in [0.05, 0.1) is 29.5 Å². The number of fused-ring (bicyclic) bond motifs is 1.